The number of benzene rings is 2. The molecule has 9 nitrogen and oxygen atoms in total. The minimum absolute atomic E-state index is 0.00163. The van der Waals surface area contributed by atoms with Crippen LogP contribution in [0, 0.1) is 17.0 Å². The molecule has 0 atom stereocenters. The summed E-state index contributed by atoms with van der Waals surface area (Å²) in [6.07, 6.45) is -0.463. The number of likely N-dealkylation sites (N-methyl/N-ethyl adjacent to an activating group) is 1. The van der Waals surface area contributed by atoms with Crippen LogP contribution in [0.15, 0.2) is 30.3 Å². The molecule has 0 fully saturated rings. The smallest absolute Gasteiger partial charge is 0.342 e. The summed E-state index contributed by atoms with van der Waals surface area (Å²) in [5.41, 5.74) is -0.476. The number of phenolic OH excluding ortho intramolecular Hbond substituents is 1. The Morgan fingerprint density at radius 2 is 1.81 bits per heavy atom. The minimum atomic E-state index is -0.897. The number of nitro benzene ring substituents is 1. The van der Waals surface area contributed by atoms with Gasteiger partial charge < -0.3 is 19.5 Å². The highest BCUT2D eigenvalue weighted by atomic mass is 16.6. The normalized spacial score (nSPS) is 10.9. The third kappa shape index (κ3) is 5.58. The quantitative estimate of drug-likeness (QED) is 0.384. The molecule has 0 aliphatic rings. The molecule has 0 amide bonds. The highest BCUT2D eigenvalue weighted by Crippen LogP contribution is 2.40. The van der Waals surface area contributed by atoms with E-state index >= 15 is 0 Å². The van der Waals surface area contributed by atoms with E-state index in [9.17, 15) is 24.8 Å². The highest BCUT2D eigenvalue weighted by molar-refractivity contribution is 6.09. The summed E-state index contributed by atoms with van der Waals surface area (Å²) in [4.78, 5) is 38.7. The fraction of sp³-hybridized carbons (Fsp3) is 0.364. The topological polar surface area (TPSA) is 119 Å². The number of ether oxygens (including phenoxy) is 2. The van der Waals surface area contributed by atoms with Crippen molar-refractivity contribution in [2.24, 2.45) is 0 Å². The lowest BCUT2D eigenvalue weighted by Crippen LogP contribution is -2.21. The average molecular weight is 430 g/mol. The Kier molecular flexibility index (Phi) is 7.71. The molecule has 0 radical (unpaired) electrons. The van der Waals surface area contributed by atoms with Gasteiger partial charge >= 0.3 is 11.9 Å². The third-order valence-corrected chi connectivity index (χ3v) is 4.40. The van der Waals surface area contributed by atoms with Gasteiger partial charge in [-0.1, -0.05) is 12.1 Å². The van der Waals surface area contributed by atoms with Crippen LogP contribution in [-0.4, -0.2) is 60.2 Å². The lowest BCUT2D eigenvalue weighted by Gasteiger charge is -2.19. The number of aromatic hydroxyl groups is 1. The number of nitro groups is 1. The second-order valence-corrected chi connectivity index (χ2v) is 7.51. The zero-order valence-corrected chi connectivity index (χ0v) is 18.2. The van der Waals surface area contributed by atoms with Crippen molar-refractivity contribution in [3.8, 4) is 16.9 Å². The van der Waals surface area contributed by atoms with Crippen LogP contribution in [0.3, 0.4) is 0 Å². The summed E-state index contributed by atoms with van der Waals surface area (Å²) in [5, 5.41) is 22.3. The molecule has 31 heavy (non-hydrogen) atoms. The molecule has 1 N–H and O–H groups in total. The maximum Gasteiger partial charge on any atom is 0.342 e. The second kappa shape index (κ2) is 10.0. The summed E-state index contributed by atoms with van der Waals surface area (Å²) < 4.78 is 10.6. The van der Waals surface area contributed by atoms with Gasteiger partial charge in [0.1, 0.15) is 17.9 Å². The first-order valence-electron chi connectivity index (χ1n) is 9.67. The molecule has 0 saturated carbocycles. The Labute approximate surface area is 180 Å². The Balaban J connectivity index is 2.80. The predicted molar refractivity (Wildman–Crippen MR) is 114 cm³/mol. The van der Waals surface area contributed by atoms with Crippen LogP contribution >= 0.6 is 0 Å². The number of carbonyl (C=O) groups excluding carboxylic acids is 2. The van der Waals surface area contributed by atoms with Gasteiger partial charge in [-0.25, -0.2) is 9.59 Å². The first-order chi connectivity index (χ1) is 14.5. The Hall–Kier alpha value is -3.46. The average Bonchev–Trinajstić information content (AvgIpc) is 2.66. The fourth-order valence-electron chi connectivity index (χ4n) is 3.05. The van der Waals surface area contributed by atoms with E-state index in [1.807, 2.05) is 0 Å². The molecule has 0 unspecified atom stereocenters. The zero-order valence-electron chi connectivity index (χ0n) is 18.2. The molecule has 9 heteroatoms. The fourth-order valence-corrected chi connectivity index (χ4v) is 3.05. The first-order valence-corrected chi connectivity index (χ1v) is 9.67. The van der Waals surface area contributed by atoms with Crippen molar-refractivity contribution in [2.75, 3.05) is 27.2 Å². The van der Waals surface area contributed by atoms with E-state index in [2.05, 4.69) is 0 Å². The zero-order chi connectivity index (χ0) is 23.3. The van der Waals surface area contributed by atoms with Crippen molar-refractivity contribution in [1.82, 2.24) is 4.90 Å². The number of nitrogens with zero attached hydrogens (tertiary/aromatic N) is 2. The van der Waals surface area contributed by atoms with Gasteiger partial charge in [0.15, 0.2) is 0 Å². The van der Waals surface area contributed by atoms with Gasteiger partial charge in [0.2, 0.25) is 0 Å². The maximum absolute atomic E-state index is 12.9. The Morgan fingerprint density at radius 1 is 1.16 bits per heavy atom. The van der Waals surface area contributed by atoms with Crippen molar-refractivity contribution in [3.63, 3.8) is 0 Å². The monoisotopic (exact) mass is 430 g/mol. The summed E-state index contributed by atoms with van der Waals surface area (Å²) >= 11 is 0. The van der Waals surface area contributed by atoms with Gasteiger partial charge in [0.05, 0.1) is 22.2 Å². The standard InChI is InChI=1S/C22H26N2O7/c1-13(2)31-22(27)18-14(3)12-17(25)20(21(26)30-11-10-23(4)5)19(18)15-8-6-7-9-16(15)24(28)29/h6-9,12-13,25H,10-11H2,1-5H3. The number of esters is 2. The summed E-state index contributed by atoms with van der Waals surface area (Å²) in [7, 11) is 3.60. The number of hydrogen-bond acceptors (Lipinski definition) is 8. The number of aryl methyl sites for hydroxylation is 1. The van der Waals surface area contributed by atoms with Gasteiger partial charge in [0, 0.05) is 18.2 Å². The number of rotatable bonds is 8. The molecule has 0 aliphatic carbocycles. The van der Waals surface area contributed by atoms with Gasteiger partial charge in [-0.3, -0.25) is 10.1 Å². The molecule has 0 heterocycles. The van der Waals surface area contributed by atoms with E-state index in [0.717, 1.165) is 0 Å². The lowest BCUT2D eigenvalue weighted by atomic mass is 9.89. The molecule has 0 spiro atoms. The third-order valence-electron chi connectivity index (χ3n) is 4.40. The molecular weight excluding hydrogens is 404 g/mol. The van der Waals surface area contributed by atoms with Crippen LogP contribution in [-0.2, 0) is 9.47 Å². The van der Waals surface area contributed by atoms with Gasteiger partial charge in [0.25, 0.3) is 5.69 Å². The summed E-state index contributed by atoms with van der Waals surface area (Å²) in [5.74, 6) is -2.10. The van der Waals surface area contributed by atoms with Crippen LogP contribution in [0.25, 0.3) is 11.1 Å². The van der Waals surface area contributed by atoms with Crippen molar-refractivity contribution in [2.45, 2.75) is 26.9 Å². The molecule has 0 aromatic heterocycles. The highest BCUT2D eigenvalue weighted by Gasteiger charge is 2.31. The van der Waals surface area contributed by atoms with Crippen LogP contribution in [0.4, 0.5) is 5.69 Å². The molecule has 0 bridgehead atoms. The van der Waals surface area contributed by atoms with Crippen LogP contribution in [0.2, 0.25) is 0 Å². The molecule has 2 aromatic carbocycles. The summed E-state index contributed by atoms with van der Waals surface area (Å²) in [6.45, 7) is 5.34. The number of phenols is 1. The predicted octanol–water partition coefficient (Wildman–Crippen LogP) is 3.56. The van der Waals surface area contributed by atoms with E-state index in [-0.39, 0.29) is 34.5 Å². The number of para-hydroxylation sites is 1. The summed E-state index contributed by atoms with van der Waals surface area (Å²) in [6, 6.07) is 6.93. The van der Waals surface area contributed by atoms with Crippen LogP contribution < -0.4 is 0 Å². The van der Waals surface area contributed by atoms with Crippen molar-refractivity contribution < 1.29 is 29.1 Å². The lowest BCUT2D eigenvalue weighted by molar-refractivity contribution is -0.384. The van der Waals surface area contributed by atoms with E-state index in [0.29, 0.717) is 12.1 Å². The van der Waals surface area contributed by atoms with Gasteiger partial charge in [-0.05, 0) is 52.6 Å². The first kappa shape index (κ1) is 23.8. The molecule has 2 rings (SSSR count). The van der Waals surface area contributed by atoms with Crippen molar-refractivity contribution in [3.05, 3.63) is 57.1 Å². The Morgan fingerprint density at radius 3 is 2.39 bits per heavy atom. The van der Waals surface area contributed by atoms with E-state index < -0.39 is 28.7 Å². The molecule has 2 aromatic rings. The Bertz CT molecular complexity index is 1000. The SMILES string of the molecule is Cc1cc(O)c(C(=O)OCCN(C)C)c(-c2ccccc2[N+](=O)[O-])c1C(=O)OC(C)C. The van der Waals surface area contributed by atoms with E-state index in [4.69, 9.17) is 9.47 Å². The molecule has 0 aliphatic heterocycles. The van der Waals surface area contributed by atoms with Crippen LogP contribution in [0.1, 0.15) is 40.1 Å². The van der Waals surface area contributed by atoms with Gasteiger partial charge in [-0.2, -0.15) is 0 Å². The largest absolute Gasteiger partial charge is 0.507 e. The second-order valence-electron chi connectivity index (χ2n) is 7.51. The molecule has 166 valence electrons. The minimum Gasteiger partial charge on any atom is -0.507 e. The number of hydrogen-bond donors (Lipinski definition) is 1. The van der Waals surface area contributed by atoms with Crippen molar-refractivity contribution in [1.29, 1.82) is 0 Å². The maximum atomic E-state index is 12.9. The van der Waals surface area contributed by atoms with E-state index in [1.165, 1.54) is 24.3 Å². The van der Waals surface area contributed by atoms with Crippen LogP contribution in [0.5, 0.6) is 5.75 Å². The van der Waals surface area contributed by atoms with E-state index in [1.54, 1.807) is 45.8 Å². The van der Waals surface area contributed by atoms with Gasteiger partial charge in [-0.15, -0.1) is 0 Å². The van der Waals surface area contributed by atoms with Crippen molar-refractivity contribution >= 4 is 17.6 Å². The molecular formula is C22H26N2O7. The molecule has 0 saturated heterocycles. The number of carbonyl (C=O) groups is 2.